The van der Waals surface area contributed by atoms with Crippen molar-refractivity contribution in [3.8, 4) is 5.75 Å². The Labute approximate surface area is 103 Å². The van der Waals surface area contributed by atoms with Gasteiger partial charge in [-0.25, -0.2) is 0 Å². The van der Waals surface area contributed by atoms with Gasteiger partial charge in [0.1, 0.15) is 18.5 Å². The second-order valence-corrected chi connectivity index (χ2v) is 4.84. The van der Waals surface area contributed by atoms with Crippen LogP contribution in [0, 0.1) is 13.8 Å². The second kappa shape index (κ2) is 5.52. The van der Waals surface area contributed by atoms with Gasteiger partial charge in [0.2, 0.25) is 0 Å². The molecular formula is C14H21NO2. The summed E-state index contributed by atoms with van der Waals surface area (Å²) in [6.45, 7) is 8.54. The maximum atomic E-state index is 5.80. The Bertz CT molecular complexity index is 370. The number of hydrogen-bond acceptors (Lipinski definition) is 3. The van der Waals surface area contributed by atoms with Crippen molar-refractivity contribution in [3.63, 3.8) is 0 Å². The molecule has 3 nitrogen and oxygen atoms in total. The van der Waals surface area contributed by atoms with E-state index in [1.165, 1.54) is 11.1 Å². The Kier molecular flexibility index (Phi) is 4.02. The van der Waals surface area contributed by atoms with Crippen LogP contribution in [0.5, 0.6) is 5.75 Å². The molecular weight excluding hydrogens is 214 g/mol. The average molecular weight is 235 g/mol. The van der Waals surface area contributed by atoms with Crippen molar-refractivity contribution in [1.82, 2.24) is 5.32 Å². The zero-order valence-electron chi connectivity index (χ0n) is 10.8. The van der Waals surface area contributed by atoms with Crippen LogP contribution in [0.1, 0.15) is 18.1 Å². The highest BCUT2D eigenvalue weighted by Gasteiger charge is 2.18. The fourth-order valence-corrected chi connectivity index (χ4v) is 1.98. The van der Waals surface area contributed by atoms with Gasteiger partial charge in [-0.3, -0.25) is 0 Å². The van der Waals surface area contributed by atoms with E-state index >= 15 is 0 Å². The number of ether oxygens (including phenoxy) is 2. The summed E-state index contributed by atoms with van der Waals surface area (Å²) in [6, 6.07) is 6.69. The molecule has 1 fully saturated rings. The van der Waals surface area contributed by atoms with Crippen LogP contribution in [0.25, 0.3) is 0 Å². The van der Waals surface area contributed by atoms with Gasteiger partial charge in [-0.1, -0.05) is 17.7 Å². The molecule has 17 heavy (non-hydrogen) atoms. The molecule has 1 aromatic carbocycles. The summed E-state index contributed by atoms with van der Waals surface area (Å²) in [4.78, 5) is 0. The first-order chi connectivity index (χ1) is 8.15. The molecule has 1 aliphatic heterocycles. The maximum Gasteiger partial charge on any atom is 0.122 e. The molecule has 2 atom stereocenters. The highest BCUT2D eigenvalue weighted by atomic mass is 16.5. The summed E-state index contributed by atoms with van der Waals surface area (Å²) in [7, 11) is 0. The molecule has 1 saturated heterocycles. The van der Waals surface area contributed by atoms with Gasteiger partial charge >= 0.3 is 0 Å². The molecule has 2 unspecified atom stereocenters. The number of benzene rings is 1. The smallest absolute Gasteiger partial charge is 0.122 e. The average Bonchev–Trinajstić information content (AvgIpc) is 2.30. The molecule has 0 aromatic heterocycles. The first kappa shape index (κ1) is 12.4. The molecule has 2 rings (SSSR count). The molecule has 94 valence electrons. The lowest BCUT2D eigenvalue weighted by atomic mass is 10.1. The zero-order chi connectivity index (χ0) is 12.3. The molecule has 1 heterocycles. The number of hydrogen-bond donors (Lipinski definition) is 1. The van der Waals surface area contributed by atoms with Crippen LogP contribution in [0.2, 0.25) is 0 Å². The number of aryl methyl sites for hydroxylation is 2. The van der Waals surface area contributed by atoms with Crippen molar-refractivity contribution in [2.75, 3.05) is 19.8 Å². The van der Waals surface area contributed by atoms with E-state index < -0.39 is 0 Å². The van der Waals surface area contributed by atoms with Gasteiger partial charge in [0, 0.05) is 12.6 Å². The fourth-order valence-electron chi connectivity index (χ4n) is 1.98. The van der Waals surface area contributed by atoms with Crippen molar-refractivity contribution in [2.45, 2.75) is 32.9 Å². The highest BCUT2D eigenvalue weighted by Crippen LogP contribution is 2.19. The van der Waals surface area contributed by atoms with Crippen LogP contribution in [0.15, 0.2) is 18.2 Å². The summed E-state index contributed by atoms with van der Waals surface area (Å²) < 4.78 is 11.5. The van der Waals surface area contributed by atoms with E-state index in [-0.39, 0.29) is 6.10 Å². The number of nitrogens with one attached hydrogen (secondary N) is 1. The highest BCUT2D eigenvalue weighted by molar-refractivity contribution is 5.35. The van der Waals surface area contributed by atoms with E-state index in [1.54, 1.807) is 0 Å². The molecule has 0 radical (unpaired) electrons. The lowest BCUT2D eigenvalue weighted by Gasteiger charge is -2.28. The van der Waals surface area contributed by atoms with E-state index in [2.05, 4.69) is 38.2 Å². The molecule has 0 aliphatic carbocycles. The van der Waals surface area contributed by atoms with Gasteiger partial charge in [-0.15, -0.1) is 0 Å². The van der Waals surface area contributed by atoms with E-state index in [0.29, 0.717) is 12.6 Å². The van der Waals surface area contributed by atoms with Gasteiger partial charge in [0.25, 0.3) is 0 Å². The molecule has 0 saturated carbocycles. The zero-order valence-corrected chi connectivity index (χ0v) is 10.8. The molecule has 0 spiro atoms. The van der Waals surface area contributed by atoms with Gasteiger partial charge in [0.05, 0.1) is 6.61 Å². The second-order valence-electron chi connectivity index (χ2n) is 4.84. The van der Waals surface area contributed by atoms with Crippen molar-refractivity contribution in [1.29, 1.82) is 0 Å². The number of morpholine rings is 1. The van der Waals surface area contributed by atoms with Crippen LogP contribution in [-0.2, 0) is 4.74 Å². The van der Waals surface area contributed by atoms with Crippen molar-refractivity contribution in [2.24, 2.45) is 0 Å². The van der Waals surface area contributed by atoms with Crippen LogP contribution in [0.4, 0.5) is 0 Å². The van der Waals surface area contributed by atoms with Crippen molar-refractivity contribution in [3.05, 3.63) is 29.3 Å². The van der Waals surface area contributed by atoms with Gasteiger partial charge in [-0.2, -0.15) is 0 Å². The van der Waals surface area contributed by atoms with E-state index in [1.807, 2.05) is 6.07 Å². The monoisotopic (exact) mass is 235 g/mol. The normalized spacial score (nSPS) is 24.6. The largest absolute Gasteiger partial charge is 0.491 e. The Morgan fingerprint density at radius 1 is 1.41 bits per heavy atom. The first-order valence-corrected chi connectivity index (χ1v) is 6.20. The molecule has 0 bridgehead atoms. The van der Waals surface area contributed by atoms with E-state index in [0.717, 1.165) is 18.9 Å². The third-order valence-electron chi connectivity index (χ3n) is 3.03. The summed E-state index contributed by atoms with van der Waals surface area (Å²) in [6.07, 6.45) is 0.159. The lowest BCUT2D eigenvalue weighted by Crippen LogP contribution is -2.46. The van der Waals surface area contributed by atoms with Gasteiger partial charge in [-0.05, 0) is 32.4 Å². The first-order valence-electron chi connectivity index (χ1n) is 6.20. The van der Waals surface area contributed by atoms with Crippen LogP contribution >= 0.6 is 0 Å². The van der Waals surface area contributed by atoms with Crippen LogP contribution in [0.3, 0.4) is 0 Å². The van der Waals surface area contributed by atoms with Gasteiger partial charge in [0.15, 0.2) is 0 Å². The number of rotatable bonds is 3. The minimum atomic E-state index is 0.159. The van der Waals surface area contributed by atoms with Crippen molar-refractivity contribution >= 4 is 0 Å². The SMILES string of the molecule is Cc1ccc(OCC2CNC(C)CO2)c(C)c1. The summed E-state index contributed by atoms with van der Waals surface area (Å²) >= 11 is 0. The topological polar surface area (TPSA) is 30.5 Å². The minimum absolute atomic E-state index is 0.159. The third kappa shape index (κ3) is 3.45. The standard InChI is InChI=1S/C14H21NO2/c1-10-4-5-14(11(2)6-10)17-9-13-7-15-12(3)8-16-13/h4-6,12-13,15H,7-9H2,1-3H3. The fraction of sp³-hybridized carbons (Fsp3) is 0.571. The Morgan fingerprint density at radius 3 is 2.88 bits per heavy atom. The van der Waals surface area contributed by atoms with Gasteiger partial charge < -0.3 is 14.8 Å². The molecule has 0 amide bonds. The summed E-state index contributed by atoms with van der Waals surface area (Å²) in [5.41, 5.74) is 2.45. The van der Waals surface area contributed by atoms with Crippen LogP contribution in [-0.4, -0.2) is 31.9 Å². The molecule has 1 aromatic rings. The third-order valence-corrected chi connectivity index (χ3v) is 3.03. The lowest BCUT2D eigenvalue weighted by molar-refractivity contribution is -0.0166. The summed E-state index contributed by atoms with van der Waals surface area (Å²) in [5, 5.41) is 3.39. The molecule has 1 N–H and O–H groups in total. The summed E-state index contributed by atoms with van der Waals surface area (Å²) in [5.74, 6) is 0.956. The quantitative estimate of drug-likeness (QED) is 0.870. The van der Waals surface area contributed by atoms with Crippen molar-refractivity contribution < 1.29 is 9.47 Å². The predicted molar refractivity (Wildman–Crippen MR) is 68.6 cm³/mol. The van der Waals surface area contributed by atoms with E-state index in [9.17, 15) is 0 Å². The Balaban J connectivity index is 1.85. The maximum absolute atomic E-state index is 5.80. The molecule has 3 heteroatoms. The van der Waals surface area contributed by atoms with E-state index in [4.69, 9.17) is 9.47 Å². The molecule has 1 aliphatic rings. The minimum Gasteiger partial charge on any atom is -0.491 e. The predicted octanol–water partition coefficient (Wildman–Crippen LogP) is 2.06. The Morgan fingerprint density at radius 2 is 2.24 bits per heavy atom. The van der Waals surface area contributed by atoms with Crippen LogP contribution < -0.4 is 10.1 Å². The Hall–Kier alpha value is -1.06.